The van der Waals surface area contributed by atoms with Crippen molar-refractivity contribution in [2.75, 3.05) is 6.54 Å². The van der Waals surface area contributed by atoms with Gasteiger partial charge in [-0.3, -0.25) is 9.59 Å². The molecule has 1 saturated carbocycles. The molecule has 0 atom stereocenters. The fourth-order valence-electron chi connectivity index (χ4n) is 1.59. The molecule has 0 bridgehead atoms. The zero-order chi connectivity index (χ0) is 12.3. The Labute approximate surface area is 99.0 Å². The van der Waals surface area contributed by atoms with Gasteiger partial charge in [-0.2, -0.15) is 0 Å². The van der Waals surface area contributed by atoms with Crippen LogP contribution in [0.4, 0.5) is 0 Å². The number of H-pyrrole nitrogens is 1. The normalized spacial score (nSPS) is 14.4. The maximum absolute atomic E-state index is 11.4. The molecule has 1 aliphatic carbocycles. The zero-order valence-corrected chi connectivity index (χ0v) is 9.53. The molecule has 0 spiro atoms. The van der Waals surface area contributed by atoms with Crippen LogP contribution in [0.1, 0.15) is 30.3 Å². The van der Waals surface area contributed by atoms with Gasteiger partial charge in [0, 0.05) is 30.6 Å². The zero-order valence-electron chi connectivity index (χ0n) is 9.53. The lowest BCUT2D eigenvalue weighted by Crippen LogP contribution is -2.24. The van der Waals surface area contributed by atoms with Crippen molar-refractivity contribution >= 4 is 5.91 Å². The molecule has 2 rings (SSSR count). The van der Waals surface area contributed by atoms with E-state index in [1.54, 1.807) is 0 Å². The van der Waals surface area contributed by atoms with Gasteiger partial charge in [0.15, 0.2) is 0 Å². The standard InChI is InChI=1S/C12H15N3O2/c1-2-10(16)13-6-5-9-7-11(17)15-12(14-9)8-3-4-8/h2,7-8H,1,3-6H2,(H,13,16)(H,14,15,17). The van der Waals surface area contributed by atoms with Crippen molar-refractivity contribution in [1.29, 1.82) is 0 Å². The molecule has 5 heteroatoms. The Morgan fingerprint density at radius 3 is 3.06 bits per heavy atom. The molecule has 1 aromatic rings. The van der Waals surface area contributed by atoms with E-state index in [1.165, 1.54) is 12.1 Å². The third-order valence-corrected chi connectivity index (χ3v) is 2.64. The van der Waals surface area contributed by atoms with Crippen LogP contribution in [-0.2, 0) is 11.2 Å². The molecule has 0 radical (unpaired) electrons. The first-order chi connectivity index (χ1) is 8.19. The number of amides is 1. The summed E-state index contributed by atoms with van der Waals surface area (Å²) in [6, 6.07) is 1.48. The summed E-state index contributed by atoms with van der Waals surface area (Å²) in [5.74, 6) is 0.991. The fourth-order valence-corrected chi connectivity index (χ4v) is 1.59. The molecule has 1 aliphatic rings. The van der Waals surface area contributed by atoms with E-state index in [0.717, 1.165) is 24.4 Å². The second kappa shape index (κ2) is 4.95. The second-order valence-electron chi connectivity index (χ2n) is 4.14. The minimum atomic E-state index is -0.211. The molecule has 0 aliphatic heterocycles. The Kier molecular flexibility index (Phi) is 3.37. The number of carbonyl (C=O) groups is 1. The Bertz CT molecular complexity index is 489. The van der Waals surface area contributed by atoms with Crippen LogP contribution in [0.3, 0.4) is 0 Å². The second-order valence-corrected chi connectivity index (χ2v) is 4.14. The lowest BCUT2D eigenvalue weighted by molar-refractivity contribution is -0.116. The van der Waals surface area contributed by atoms with Crippen molar-refractivity contribution in [3.63, 3.8) is 0 Å². The van der Waals surface area contributed by atoms with Crippen molar-refractivity contribution in [1.82, 2.24) is 15.3 Å². The van der Waals surface area contributed by atoms with Gasteiger partial charge in [0.2, 0.25) is 5.91 Å². The van der Waals surface area contributed by atoms with Crippen LogP contribution in [0.5, 0.6) is 0 Å². The SMILES string of the molecule is C=CC(=O)NCCc1cc(=O)[nH]c(C2CC2)n1. The van der Waals surface area contributed by atoms with E-state index in [-0.39, 0.29) is 11.5 Å². The quantitative estimate of drug-likeness (QED) is 0.727. The van der Waals surface area contributed by atoms with Crippen LogP contribution < -0.4 is 10.9 Å². The van der Waals surface area contributed by atoms with Crippen molar-refractivity contribution in [3.05, 3.63) is 40.6 Å². The maximum Gasteiger partial charge on any atom is 0.251 e. The number of nitrogens with one attached hydrogen (secondary N) is 2. The van der Waals surface area contributed by atoms with E-state index >= 15 is 0 Å². The number of aromatic nitrogens is 2. The van der Waals surface area contributed by atoms with E-state index < -0.39 is 0 Å². The fraction of sp³-hybridized carbons (Fsp3) is 0.417. The molecule has 5 nitrogen and oxygen atoms in total. The van der Waals surface area contributed by atoms with Gasteiger partial charge in [-0.15, -0.1) is 0 Å². The van der Waals surface area contributed by atoms with Gasteiger partial charge in [0.05, 0.1) is 0 Å². The molecule has 0 aromatic carbocycles. The average molecular weight is 233 g/mol. The molecular weight excluding hydrogens is 218 g/mol. The maximum atomic E-state index is 11.4. The lowest BCUT2D eigenvalue weighted by atomic mass is 10.2. The first-order valence-electron chi connectivity index (χ1n) is 5.69. The number of hydrogen-bond acceptors (Lipinski definition) is 3. The summed E-state index contributed by atoms with van der Waals surface area (Å²) < 4.78 is 0. The summed E-state index contributed by atoms with van der Waals surface area (Å²) in [6.07, 6.45) is 3.98. The largest absolute Gasteiger partial charge is 0.352 e. The van der Waals surface area contributed by atoms with E-state index in [1.807, 2.05) is 0 Å². The Balaban J connectivity index is 1.98. The van der Waals surface area contributed by atoms with Crippen LogP contribution in [0.2, 0.25) is 0 Å². The van der Waals surface area contributed by atoms with Crippen LogP contribution in [0.15, 0.2) is 23.5 Å². The lowest BCUT2D eigenvalue weighted by Gasteiger charge is -2.04. The highest BCUT2D eigenvalue weighted by Gasteiger charge is 2.26. The Morgan fingerprint density at radius 2 is 2.41 bits per heavy atom. The Hall–Kier alpha value is -1.91. The van der Waals surface area contributed by atoms with E-state index in [9.17, 15) is 9.59 Å². The number of rotatable bonds is 5. The van der Waals surface area contributed by atoms with Gasteiger partial charge in [0.1, 0.15) is 5.82 Å². The van der Waals surface area contributed by atoms with Crippen molar-refractivity contribution in [2.45, 2.75) is 25.2 Å². The molecule has 2 N–H and O–H groups in total. The average Bonchev–Trinajstić information content (AvgIpc) is 3.12. The Morgan fingerprint density at radius 1 is 1.65 bits per heavy atom. The summed E-state index contributed by atoms with van der Waals surface area (Å²) in [5.41, 5.74) is 0.604. The number of hydrogen-bond donors (Lipinski definition) is 2. The van der Waals surface area contributed by atoms with Gasteiger partial charge in [-0.1, -0.05) is 6.58 Å². The third-order valence-electron chi connectivity index (χ3n) is 2.64. The van der Waals surface area contributed by atoms with Gasteiger partial charge in [-0.25, -0.2) is 4.98 Å². The van der Waals surface area contributed by atoms with Crippen LogP contribution >= 0.6 is 0 Å². The highest BCUT2D eigenvalue weighted by Crippen LogP contribution is 2.37. The van der Waals surface area contributed by atoms with Gasteiger partial charge < -0.3 is 10.3 Å². The summed E-state index contributed by atoms with van der Waals surface area (Å²) in [5, 5.41) is 2.66. The van der Waals surface area contributed by atoms with E-state index in [0.29, 0.717) is 18.9 Å². The summed E-state index contributed by atoms with van der Waals surface area (Å²) in [4.78, 5) is 29.5. The predicted molar refractivity (Wildman–Crippen MR) is 63.7 cm³/mol. The molecule has 90 valence electrons. The first kappa shape index (κ1) is 11.6. The van der Waals surface area contributed by atoms with Crippen molar-refractivity contribution in [3.8, 4) is 0 Å². The monoisotopic (exact) mass is 233 g/mol. The van der Waals surface area contributed by atoms with Gasteiger partial charge in [0.25, 0.3) is 5.56 Å². The van der Waals surface area contributed by atoms with Crippen LogP contribution in [0, 0.1) is 0 Å². The molecule has 1 heterocycles. The number of carbonyl (C=O) groups excluding carboxylic acids is 1. The smallest absolute Gasteiger partial charge is 0.251 e. The topological polar surface area (TPSA) is 74.8 Å². The predicted octanol–water partition coefficient (Wildman–Crippen LogP) is 0.492. The minimum Gasteiger partial charge on any atom is -0.352 e. The van der Waals surface area contributed by atoms with Gasteiger partial charge in [-0.05, 0) is 18.9 Å². The highest BCUT2D eigenvalue weighted by atomic mass is 16.1. The van der Waals surface area contributed by atoms with Crippen LogP contribution in [0.25, 0.3) is 0 Å². The van der Waals surface area contributed by atoms with Crippen LogP contribution in [-0.4, -0.2) is 22.4 Å². The van der Waals surface area contributed by atoms with Crippen molar-refractivity contribution in [2.24, 2.45) is 0 Å². The molecule has 1 aromatic heterocycles. The minimum absolute atomic E-state index is 0.119. The number of nitrogens with zero attached hydrogens (tertiary/aromatic N) is 1. The molecule has 1 amide bonds. The molecule has 17 heavy (non-hydrogen) atoms. The first-order valence-corrected chi connectivity index (χ1v) is 5.69. The summed E-state index contributed by atoms with van der Waals surface area (Å²) in [6.45, 7) is 3.83. The molecule has 0 unspecified atom stereocenters. The third kappa shape index (κ3) is 3.27. The molecular formula is C12H15N3O2. The summed E-state index contributed by atoms with van der Waals surface area (Å²) in [7, 11) is 0. The van der Waals surface area contributed by atoms with E-state index in [2.05, 4.69) is 21.9 Å². The molecule has 1 fully saturated rings. The molecule has 0 saturated heterocycles. The number of aromatic amines is 1. The van der Waals surface area contributed by atoms with Crippen molar-refractivity contribution < 1.29 is 4.79 Å². The highest BCUT2D eigenvalue weighted by molar-refractivity contribution is 5.86. The van der Waals surface area contributed by atoms with Gasteiger partial charge >= 0.3 is 0 Å². The summed E-state index contributed by atoms with van der Waals surface area (Å²) >= 11 is 0. The van der Waals surface area contributed by atoms with E-state index in [4.69, 9.17) is 0 Å².